The number of hydrogen-bond donors (Lipinski definition) is 1. The Bertz CT molecular complexity index is 405. The van der Waals surface area contributed by atoms with Gasteiger partial charge in [0.25, 0.3) is 0 Å². The third-order valence-corrected chi connectivity index (χ3v) is 6.50. The Balaban J connectivity index is 2.50. The van der Waals surface area contributed by atoms with Crippen LogP contribution in [0.5, 0.6) is 0 Å². The van der Waals surface area contributed by atoms with Crippen LogP contribution < -0.4 is 25.0 Å². The van der Waals surface area contributed by atoms with Gasteiger partial charge in [0.2, 0.25) is 0 Å². The average Bonchev–Trinajstić information content (AvgIpc) is 2.53. The van der Waals surface area contributed by atoms with Crippen LogP contribution in [0.1, 0.15) is 66.2 Å². The van der Waals surface area contributed by atoms with Gasteiger partial charge in [0.05, 0.1) is 0 Å². The number of hydrogen-bond acceptors (Lipinski definition) is 5. The Labute approximate surface area is 150 Å². The Hall–Kier alpha value is -0.370. The molecule has 1 N–H and O–H groups in total. The molecule has 0 aliphatic heterocycles. The predicted molar refractivity (Wildman–Crippen MR) is 85.5 cm³/mol. The molecule has 0 radical (unpaired) electrons. The summed E-state index contributed by atoms with van der Waals surface area (Å²) in [6.45, 7) is 7.41. The molecule has 5 nitrogen and oxygen atoms in total. The van der Waals surface area contributed by atoms with Crippen molar-refractivity contribution in [2.45, 2.75) is 77.9 Å². The molecule has 6 heteroatoms. The molecule has 1 aliphatic rings. The number of carbonyl (C=O) groups excluding carboxylic acids is 2. The van der Waals surface area contributed by atoms with Crippen molar-refractivity contribution >= 4 is 11.9 Å². The summed E-state index contributed by atoms with van der Waals surface area (Å²) in [5.41, 5.74) is -1.01. The molecule has 0 heterocycles. The Morgan fingerprint density at radius 3 is 2.39 bits per heavy atom. The molecule has 0 spiro atoms. The third-order valence-electron chi connectivity index (χ3n) is 4.94. The summed E-state index contributed by atoms with van der Waals surface area (Å²) in [7, 11) is 0. The summed E-state index contributed by atoms with van der Waals surface area (Å²) in [4.78, 5) is 26.5. The van der Waals surface area contributed by atoms with E-state index in [4.69, 9.17) is 9.47 Å². The van der Waals surface area contributed by atoms with Gasteiger partial charge in [0, 0.05) is 0 Å². The standard InChI is InChI=1S/C17H31INO4/c1-6-17(10-8-7-9-11-17)23-14(20)12-22-15(21)16(3,4)13(2)19-18-5/h13,19H,6-12H2,1-5H3/q-1. The van der Waals surface area contributed by atoms with Crippen molar-refractivity contribution in [3.8, 4) is 0 Å². The van der Waals surface area contributed by atoms with E-state index in [1.165, 1.54) is 6.42 Å². The molecule has 0 aromatic rings. The van der Waals surface area contributed by atoms with E-state index in [1.807, 2.05) is 20.8 Å². The van der Waals surface area contributed by atoms with Crippen LogP contribution in [0.15, 0.2) is 0 Å². The molecule has 0 bridgehead atoms. The first-order chi connectivity index (χ1) is 10.8. The van der Waals surface area contributed by atoms with Gasteiger partial charge in [-0.05, 0) is 0 Å². The van der Waals surface area contributed by atoms with Crippen LogP contribution in [-0.2, 0) is 19.1 Å². The van der Waals surface area contributed by atoms with E-state index >= 15 is 0 Å². The van der Waals surface area contributed by atoms with Crippen LogP contribution in [-0.4, -0.2) is 35.1 Å². The summed E-state index contributed by atoms with van der Waals surface area (Å²) < 4.78 is 14.2. The number of ether oxygens (including phenoxy) is 2. The van der Waals surface area contributed by atoms with Gasteiger partial charge < -0.3 is 0 Å². The van der Waals surface area contributed by atoms with Crippen molar-refractivity contribution in [2.24, 2.45) is 5.41 Å². The number of esters is 2. The zero-order chi connectivity index (χ0) is 17.5. The molecule has 0 aromatic heterocycles. The zero-order valence-corrected chi connectivity index (χ0v) is 17.2. The topological polar surface area (TPSA) is 64.6 Å². The van der Waals surface area contributed by atoms with Crippen molar-refractivity contribution in [1.82, 2.24) is 3.53 Å². The van der Waals surface area contributed by atoms with Gasteiger partial charge in [0.15, 0.2) is 0 Å². The molecule has 1 aliphatic carbocycles. The van der Waals surface area contributed by atoms with Crippen molar-refractivity contribution in [3.63, 3.8) is 0 Å². The van der Waals surface area contributed by atoms with Gasteiger partial charge in [-0.15, -0.1) is 0 Å². The molecule has 1 unspecified atom stereocenters. The average molecular weight is 440 g/mol. The van der Waals surface area contributed by atoms with Crippen molar-refractivity contribution < 1.29 is 40.5 Å². The van der Waals surface area contributed by atoms with Crippen molar-refractivity contribution in [3.05, 3.63) is 0 Å². The summed E-state index contributed by atoms with van der Waals surface area (Å²) in [5.74, 6) is -0.789. The molecule has 1 rings (SSSR count). The first-order valence-electron chi connectivity index (χ1n) is 8.40. The third kappa shape index (κ3) is 5.89. The number of carbonyl (C=O) groups is 2. The van der Waals surface area contributed by atoms with Gasteiger partial charge in [-0.2, -0.15) is 0 Å². The first kappa shape index (κ1) is 20.7. The Kier molecular flexibility index (Phi) is 8.27. The molecule has 1 saturated carbocycles. The molecule has 0 amide bonds. The van der Waals surface area contributed by atoms with Crippen LogP contribution in [0, 0.1) is 5.41 Å². The summed E-state index contributed by atoms with van der Waals surface area (Å²) in [5, 5.41) is 0. The molecule has 0 saturated heterocycles. The van der Waals surface area contributed by atoms with E-state index < -0.39 is 11.4 Å². The Morgan fingerprint density at radius 2 is 1.87 bits per heavy atom. The second-order valence-corrected chi connectivity index (χ2v) is 8.59. The molecular weight excluding hydrogens is 409 g/mol. The van der Waals surface area contributed by atoms with E-state index in [0.717, 1.165) is 32.1 Å². The van der Waals surface area contributed by atoms with E-state index in [9.17, 15) is 9.59 Å². The van der Waals surface area contributed by atoms with Gasteiger partial charge in [-0.3, -0.25) is 0 Å². The minimum absolute atomic E-state index is 0.0177. The van der Waals surface area contributed by atoms with Crippen molar-refractivity contribution in [1.29, 1.82) is 0 Å². The number of nitrogens with one attached hydrogen (secondary N) is 1. The Morgan fingerprint density at radius 1 is 1.26 bits per heavy atom. The summed E-state index contributed by atoms with van der Waals surface area (Å²) >= 11 is -0.118. The quantitative estimate of drug-likeness (QED) is 0.246. The summed E-state index contributed by atoms with van der Waals surface area (Å²) in [6, 6.07) is 0.0177. The van der Waals surface area contributed by atoms with Crippen LogP contribution in [0.3, 0.4) is 0 Å². The number of halogens is 1. The van der Waals surface area contributed by atoms with Crippen LogP contribution in [0.25, 0.3) is 0 Å². The molecule has 136 valence electrons. The first-order valence-corrected chi connectivity index (χ1v) is 11.6. The fourth-order valence-corrected chi connectivity index (χ4v) is 4.49. The van der Waals surface area contributed by atoms with Gasteiger partial charge in [-0.25, -0.2) is 0 Å². The predicted octanol–water partition coefficient (Wildman–Crippen LogP) is -0.176. The normalized spacial score (nSPS) is 19.2. The molecule has 23 heavy (non-hydrogen) atoms. The SMILES string of the molecule is CCC1(OC(=O)COC(=O)C(C)(C)C(C)N[I-]C)CCCCC1. The van der Waals surface area contributed by atoms with E-state index in [2.05, 4.69) is 15.4 Å². The van der Waals surface area contributed by atoms with Gasteiger partial charge in [-0.1, -0.05) is 0 Å². The van der Waals surface area contributed by atoms with E-state index in [-0.39, 0.29) is 45.7 Å². The second-order valence-electron chi connectivity index (χ2n) is 6.89. The maximum atomic E-state index is 12.3. The van der Waals surface area contributed by atoms with Crippen molar-refractivity contribution in [2.75, 3.05) is 11.5 Å². The van der Waals surface area contributed by atoms with Crippen LogP contribution >= 0.6 is 0 Å². The fraction of sp³-hybridized carbons (Fsp3) is 0.882. The van der Waals surface area contributed by atoms with E-state index in [0.29, 0.717) is 0 Å². The monoisotopic (exact) mass is 440 g/mol. The molecule has 1 fully saturated rings. The number of rotatable bonds is 8. The number of alkyl halides is 1. The zero-order valence-electron chi connectivity index (χ0n) is 15.0. The van der Waals surface area contributed by atoms with Gasteiger partial charge in [0.1, 0.15) is 0 Å². The van der Waals surface area contributed by atoms with Gasteiger partial charge >= 0.3 is 151 Å². The molecule has 0 aromatic carbocycles. The van der Waals surface area contributed by atoms with Crippen LogP contribution in [0.2, 0.25) is 0 Å². The minimum atomic E-state index is -0.663. The second kappa shape index (κ2) is 9.20. The molecule has 1 atom stereocenters. The summed E-state index contributed by atoms with van der Waals surface area (Å²) in [6.07, 6.45) is 6.03. The fourth-order valence-electron chi connectivity index (χ4n) is 2.78. The van der Waals surface area contributed by atoms with Crippen LogP contribution in [0.4, 0.5) is 0 Å². The van der Waals surface area contributed by atoms with E-state index in [1.54, 1.807) is 0 Å². The molecular formula is C17H31INO4-. The maximum absolute atomic E-state index is 12.3.